The predicted octanol–water partition coefficient (Wildman–Crippen LogP) is 1.84. The molecule has 0 bridgehead atoms. The number of benzene rings is 1. The minimum absolute atomic E-state index is 0.00278. The normalized spacial score (nSPS) is 10.3. The van der Waals surface area contributed by atoms with Crippen molar-refractivity contribution in [3.8, 4) is 5.75 Å². The maximum atomic E-state index is 13.5. The molecule has 94 valence electrons. The lowest BCUT2D eigenvalue weighted by Gasteiger charge is -2.07. The molecule has 0 aliphatic heterocycles. The van der Waals surface area contributed by atoms with Gasteiger partial charge in [-0.05, 0) is 18.2 Å². The predicted molar refractivity (Wildman–Crippen MR) is 60.9 cm³/mol. The minimum atomic E-state index is -1.18. The third-order valence-electron chi connectivity index (χ3n) is 2.46. The van der Waals surface area contributed by atoms with Crippen LogP contribution in [0.1, 0.15) is 16.2 Å². The molecule has 0 aliphatic rings. The number of ether oxygens (including phenoxy) is 1. The van der Waals surface area contributed by atoms with Crippen molar-refractivity contribution in [2.24, 2.45) is 7.05 Å². The summed E-state index contributed by atoms with van der Waals surface area (Å²) in [6, 6.07) is 3.51. The van der Waals surface area contributed by atoms with Gasteiger partial charge in [-0.2, -0.15) is 0 Å². The van der Waals surface area contributed by atoms with E-state index in [1.165, 1.54) is 12.1 Å². The van der Waals surface area contributed by atoms with Gasteiger partial charge < -0.3 is 14.4 Å². The molecule has 1 aromatic carbocycles. The fourth-order valence-corrected chi connectivity index (χ4v) is 1.43. The summed E-state index contributed by atoms with van der Waals surface area (Å²) >= 11 is 0. The number of nitrogens with zero attached hydrogens (tertiary/aromatic N) is 2. The van der Waals surface area contributed by atoms with Crippen molar-refractivity contribution in [3.05, 3.63) is 47.8 Å². The Hall–Kier alpha value is -2.37. The summed E-state index contributed by atoms with van der Waals surface area (Å²) in [5, 5.41) is 8.70. The third-order valence-corrected chi connectivity index (χ3v) is 2.46. The first-order valence-electron chi connectivity index (χ1n) is 5.20. The summed E-state index contributed by atoms with van der Waals surface area (Å²) in [6.45, 7) is 0.118. The fraction of sp³-hybridized carbons (Fsp3) is 0.167. The Labute approximate surface area is 102 Å². The standard InChI is InChI=1S/C12H11FN2O3/c1-15-5-4-14-11(15)7-18-10-3-2-8(12(16)17)6-9(10)13/h2-6H,7H2,1H3,(H,16,17). The quantitative estimate of drug-likeness (QED) is 0.899. The summed E-state index contributed by atoms with van der Waals surface area (Å²) in [7, 11) is 1.80. The molecule has 0 saturated carbocycles. The van der Waals surface area contributed by atoms with Crippen LogP contribution in [0.5, 0.6) is 5.75 Å². The molecule has 0 radical (unpaired) electrons. The first-order valence-corrected chi connectivity index (χ1v) is 5.20. The number of carboxylic acids is 1. The van der Waals surface area contributed by atoms with E-state index in [1.807, 2.05) is 0 Å². The van der Waals surface area contributed by atoms with Gasteiger partial charge in [-0.15, -0.1) is 0 Å². The first kappa shape index (κ1) is 12.1. The molecule has 2 rings (SSSR count). The van der Waals surface area contributed by atoms with E-state index in [1.54, 1.807) is 24.0 Å². The Bertz CT molecular complexity index is 580. The summed E-state index contributed by atoms with van der Waals surface area (Å²) in [5.74, 6) is -1.23. The zero-order chi connectivity index (χ0) is 13.1. The van der Waals surface area contributed by atoms with Crippen molar-refractivity contribution in [2.45, 2.75) is 6.61 Å². The Balaban J connectivity index is 2.11. The molecular formula is C12H11FN2O3. The molecule has 6 heteroatoms. The third kappa shape index (κ3) is 2.48. The molecule has 18 heavy (non-hydrogen) atoms. The highest BCUT2D eigenvalue weighted by Crippen LogP contribution is 2.19. The van der Waals surface area contributed by atoms with Crippen LogP contribution in [0.15, 0.2) is 30.6 Å². The van der Waals surface area contributed by atoms with E-state index in [0.29, 0.717) is 5.82 Å². The van der Waals surface area contributed by atoms with Crippen LogP contribution in [0, 0.1) is 5.82 Å². The number of rotatable bonds is 4. The van der Waals surface area contributed by atoms with Crippen LogP contribution in [0.4, 0.5) is 4.39 Å². The Morgan fingerprint density at radius 1 is 1.56 bits per heavy atom. The highest BCUT2D eigenvalue weighted by atomic mass is 19.1. The molecule has 1 N–H and O–H groups in total. The average Bonchev–Trinajstić information content (AvgIpc) is 2.73. The Kier molecular flexibility index (Phi) is 3.27. The van der Waals surface area contributed by atoms with Gasteiger partial charge in [0.1, 0.15) is 12.4 Å². The number of carbonyl (C=O) groups is 1. The lowest BCUT2D eigenvalue weighted by molar-refractivity contribution is 0.0696. The van der Waals surface area contributed by atoms with Crippen LogP contribution in [0.25, 0.3) is 0 Å². The Morgan fingerprint density at radius 3 is 2.89 bits per heavy atom. The maximum absolute atomic E-state index is 13.5. The van der Waals surface area contributed by atoms with Crippen LogP contribution in [-0.4, -0.2) is 20.6 Å². The molecule has 1 heterocycles. The smallest absolute Gasteiger partial charge is 0.335 e. The second-order valence-electron chi connectivity index (χ2n) is 3.69. The van der Waals surface area contributed by atoms with Crippen molar-refractivity contribution in [1.82, 2.24) is 9.55 Å². The van der Waals surface area contributed by atoms with Crippen molar-refractivity contribution < 1.29 is 19.0 Å². The van der Waals surface area contributed by atoms with E-state index in [9.17, 15) is 9.18 Å². The molecule has 5 nitrogen and oxygen atoms in total. The average molecular weight is 250 g/mol. The van der Waals surface area contributed by atoms with Gasteiger partial charge in [0.15, 0.2) is 11.6 Å². The van der Waals surface area contributed by atoms with Gasteiger partial charge in [0.2, 0.25) is 0 Å². The van der Waals surface area contributed by atoms with E-state index in [4.69, 9.17) is 9.84 Å². The molecule has 0 aliphatic carbocycles. The number of aryl methyl sites for hydroxylation is 1. The maximum Gasteiger partial charge on any atom is 0.335 e. The number of imidazole rings is 1. The number of hydrogen-bond acceptors (Lipinski definition) is 3. The van der Waals surface area contributed by atoms with Crippen molar-refractivity contribution in [3.63, 3.8) is 0 Å². The lowest BCUT2D eigenvalue weighted by atomic mass is 10.2. The zero-order valence-electron chi connectivity index (χ0n) is 9.63. The first-order chi connectivity index (χ1) is 8.58. The molecule has 2 aromatic rings. The number of carboxylic acid groups (broad SMARTS) is 1. The number of aromatic carboxylic acids is 1. The topological polar surface area (TPSA) is 64.4 Å². The summed E-state index contributed by atoms with van der Waals surface area (Å²) in [4.78, 5) is 14.7. The second kappa shape index (κ2) is 4.87. The minimum Gasteiger partial charge on any atom is -0.483 e. The van der Waals surface area contributed by atoms with Gasteiger partial charge in [-0.25, -0.2) is 14.2 Å². The van der Waals surface area contributed by atoms with Crippen LogP contribution >= 0.6 is 0 Å². The van der Waals surface area contributed by atoms with Crippen LogP contribution in [-0.2, 0) is 13.7 Å². The van der Waals surface area contributed by atoms with E-state index in [0.717, 1.165) is 6.07 Å². The van der Waals surface area contributed by atoms with E-state index >= 15 is 0 Å². The van der Waals surface area contributed by atoms with Gasteiger partial charge in [-0.1, -0.05) is 0 Å². The van der Waals surface area contributed by atoms with Gasteiger partial charge in [-0.3, -0.25) is 0 Å². The van der Waals surface area contributed by atoms with Gasteiger partial charge >= 0.3 is 5.97 Å². The molecule has 1 aromatic heterocycles. The molecular weight excluding hydrogens is 239 g/mol. The van der Waals surface area contributed by atoms with Crippen molar-refractivity contribution in [2.75, 3.05) is 0 Å². The lowest BCUT2D eigenvalue weighted by Crippen LogP contribution is -2.05. The van der Waals surface area contributed by atoms with Crippen LogP contribution in [0.3, 0.4) is 0 Å². The summed E-state index contributed by atoms with van der Waals surface area (Å²) in [6.07, 6.45) is 3.37. The van der Waals surface area contributed by atoms with Crippen LogP contribution in [0.2, 0.25) is 0 Å². The molecule has 0 amide bonds. The highest BCUT2D eigenvalue weighted by molar-refractivity contribution is 5.87. The summed E-state index contributed by atoms with van der Waals surface area (Å²) < 4.78 is 20.5. The van der Waals surface area contributed by atoms with Crippen molar-refractivity contribution in [1.29, 1.82) is 0 Å². The fourth-order valence-electron chi connectivity index (χ4n) is 1.43. The van der Waals surface area contributed by atoms with Gasteiger partial charge in [0.05, 0.1) is 5.56 Å². The number of halogens is 1. The Morgan fingerprint density at radius 2 is 2.33 bits per heavy atom. The molecule has 0 atom stereocenters. The largest absolute Gasteiger partial charge is 0.483 e. The monoisotopic (exact) mass is 250 g/mol. The summed E-state index contributed by atoms with van der Waals surface area (Å²) in [5.41, 5.74) is -0.114. The SMILES string of the molecule is Cn1ccnc1COc1ccc(C(=O)O)cc1F. The zero-order valence-corrected chi connectivity index (χ0v) is 9.63. The number of aromatic nitrogens is 2. The molecule has 0 spiro atoms. The molecule has 0 unspecified atom stereocenters. The van der Waals surface area contributed by atoms with E-state index < -0.39 is 11.8 Å². The number of hydrogen-bond donors (Lipinski definition) is 1. The van der Waals surface area contributed by atoms with Gasteiger partial charge in [0.25, 0.3) is 0 Å². The van der Waals surface area contributed by atoms with E-state index in [2.05, 4.69) is 4.98 Å². The van der Waals surface area contributed by atoms with Crippen LogP contribution < -0.4 is 4.74 Å². The van der Waals surface area contributed by atoms with Gasteiger partial charge in [0, 0.05) is 19.4 Å². The second-order valence-corrected chi connectivity index (χ2v) is 3.69. The molecule has 0 fully saturated rings. The van der Waals surface area contributed by atoms with Crippen molar-refractivity contribution >= 4 is 5.97 Å². The highest BCUT2D eigenvalue weighted by Gasteiger charge is 2.10. The molecule has 0 saturated heterocycles. The van der Waals surface area contributed by atoms with E-state index in [-0.39, 0.29) is 17.9 Å².